The molecule has 0 spiro atoms. The SMILES string of the molecule is O=C(CCCN1CCC(Cc2ccccc2)CC1)c1ccc2c(c1)N(Cc1cc(F)ccc1Cl)C(=O)[C@@H]1CCC[C@@H]1S2. The van der Waals surface area contributed by atoms with Crippen molar-refractivity contribution in [3.63, 3.8) is 0 Å². The van der Waals surface area contributed by atoms with E-state index in [2.05, 4.69) is 35.2 Å². The van der Waals surface area contributed by atoms with Crippen molar-refractivity contribution in [3.8, 4) is 0 Å². The zero-order valence-corrected chi connectivity index (χ0v) is 25.5. The number of thioether (sulfide) groups is 1. The number of hydrogen-bond acceptors (Lipinski definition) is 4. The molecular formula is C35H38ClFN2O2S. The molecule has 0 bridgehead atoms. The quantitative estimate of drug-likeness (QED) is 0.231. The Bertz CT molecular complexity index is 1430. The molecule has 0 radical (unpaired) electrons. The Kier molecular flexibility index (Phi) is 9.32. The topological polar surface area (TPSA) is 40.6 Å². The van der Waals surface area contributed by atoms with Gasteiger partial charge in [0.05, 0.1) is 18.2 Å². The van der Waals surface area contributed by atoms with Crippen LogP contribution in [0.4, 0.5) is 10.1 Å². The lowest BCUT2D eigenvalue weighted by atomic mass is 9.90. The molecule has 1 saturated carbocycles. The number of likely N-dealkylation sites (tertiary alicyclic amines) is 1. The van der Waals surface area contributed by atoms with Crippen LogP contribution in [0.25, 0.3) is 0 Å². The van der Waals surface area contributed by atoms with E-state index in [1.54, 1.807) is 16.7 Å². The molecule has 2 heterocycles. The normalized spacial score (nSPS) is 21.2. The number of rotatable bonds is 9. The van der Waals surface area contributed by atoms with Gasteiger partial charge in [-0.25, -0.2) is 4.39 Å². The van der Waals surface area contributed by atoms with Crippen LogP contribution in [-0.2, 0) is 17.8 Å². The summed E-state index contributed by atoms with van der Waals surface area (Å²) in [6.45, 7) is 3.29. The number of hydrogen-bond donors (Lipinski definition) is 0. The van der Waals surface area contributed by atoms with E-state index >= 15 is 0 Å². The first-order valence-corrected chi connectivity index (χ1v) is 16.6. The Morgan fingerprint density at radius 2 is 1.79 bits per heavy atom. The van der Waals surface area contributed by atoms with Gasteiger partial charge in [-0.3, -0.25) is 9.59 Å². The summed E-state index contributed by atoms with van der Waals surface area (Å²) in [4.78, 5) is 32.4. The molecule has 220 valence electrons. The number of halogens is 2. The molecule has 1 saturated heterocycles. The first-order chi connectivity index (χ1) is 20.4. The first kappa shape index (κ1) is 29.4. The summed E-state index contributed by atoms with van der Waals surface area (Å²) in [5.41, 5.74) is 3.36. The van der Waals surface area contributed by atoms with Crippen molar-refractivity contribution in [1.29, 1.82) is 0 Å². The fraction of sp³-hybridized carbons (Fsp3) is 0.429. The van der Waals surface area contributed by atoms with Crippen LogP contribution >= 0.6 is 23.4 Å². The van der Waals surface area contributed by atoms with E-state index in [1.165, 1.54) is 36.6 Å². The third-order valence-corrected chi connectivity index (χ3v) is 11.0. The van der Waals surface area contributed by atoms with Crippen molar-refractivity contribution in [3.05, 3.63) is 94.3 Å². The number of Topliss-reactive ketones (excluding diaryl/α,β-unsaturated/α-hetero) is 1. The van der Waals surface area contributed by atoms with Crippen LogP contribution in [0, 0.1) is 17.7 Å². The third-order valence-electron chi connectivity index (χ3n) is 9.17. The maximum atomic E-state index is 14.1. The minimum Gasteiger partial charge on any atom is -0.307 e. The predicted molar refractivity (Wildman–Crippen MR) is 169 cm³/mol. The monoisotopic (exact) mass is 604 g/mol. The molecule has 1 amide bonds. The summed E-state index contributed by atoms with van der Waals surface area (Å²) in [7, 11) is 0. The molecule has 1 aliphatic carbocycles. The Morgan fingerprint density at radius 1 is 0.976 bits per heavy atom. The molecule has 0 aromatic heterocycles. The number of piperidine rings is 1. The molecule has 3 aromatic rings. The highest BCUT2D eigenvalue weighted by Gasteiger charge is 2.40. The van der Waals surface area contributed by atoms with Crippen molar-refractivity contribution >= 4 is 40.7 Å². The largest absolute Gasteiger partial charge is 0.307 e. The fourth-order valence-electron chi connectivity index (χ4n) is 6.80. The average molecular weight is 605 g/mol. The summed E-state index contributed by atoms with van der Waals surface area (Å²) < 4.78 is 14.1. The third kappa shape index (κ3) is 6.77. The molecule has 2 fully saturated rings. The zero-order valence-electron chi connectivity index (χ0n) is 23.9. The molecule has 42 heavy (non-hydrogen) atoms. The lowest BCUT2D eigenvalue weighted by molar-refractivity contribution is -0.122. The molecule has 6 rings (SSSR count). The Labute approximate surface area is 257 Å². The number of nitrogens with zero attached hydrogens (tertiary/aromatic N) is 2. The van der Waals surface area contributed by atoms with Crippen LogP contribution in [0.15, 0.2) is 71.6 Å². The van der Waals surface area contributed by atoms with E-state index in [4.69, 9.17) is 11.6 Å². The van der Waals surface area contributed by atoms with Gasteiger partial charge in [0.2, 0.25) is 5.91 Å². The molecule has 0 N–H and O–H groups in total. The standard InChI is InChI=1S/C35H38ClFN2O2S/c36-30-13-12-28(37)21-27(30)23-39-31-22-26(11-14-34(31)42-33-10-4-8-29(33)35(39)41)32(40)9-5-17-38-18-15-25(16-19-38)20-24-6-2-1-3-7-24/h1-3,6-7,11-14,21-22,25,29,33H,4-5,8-10,15-20,23H2/t29-,33+/m1/s1. The van der Waals surface area contributed by atoms with Crippen LogP contribution in [-0.4, -0.2) is 41.5 Å². The van der Waals surface area contributed by atoms with Gasteiger partial charge in [0.25, 0.3) is 0 Å². The number of ketones is 1. The van der Waals surface area contributed by atoms with E-state index in [1.807, 2.05) is 18.2 Å². The second-order valence-electron chi connectivity index (χ2n) is 12.0. The van der Waals surface area contributed by atoms with Crippen molar-refractivity contribution in [2.75, 3.05) is 24.5 Å². The van der Waals surface area contributed by atoms with Crippen molar-refractivity contribution in [1.82, 2.24) is 4.90 Å². The van der Waals surface area contributed by atoms with E-state index in [0.717, 1.165) is 68.2 Å². The van der Waals surface area contributed by atoms with Gasteiger partial charge < -0.3 is 9.80 Å². The summed E-state index contributed by atoms with van der Waals surface area (Å²) in [5, 5.41) is 0.657. The van der Waals surface area contributed by atoms with Gasteiger partial charge in [0.15, 0.2) is 5.78 Å². The maximum absolute atomic E-state index is 14.1. The van der Waals surface area contributed by atoms with Crippen LogP contribution in [0.5, 0.6) is 0 Å². The van der Waals surface area contributed by atoms with Crippen molar-refractivity contribution in [2.24, 2.45) is 11.8 Å². The van der Waals surface area contributed by atoms with Gasteiger partial charge in [-0.05, 0) is 106 Å². The molecule has 0 unspecified atom stereocenters. The fourth-order valence-corrected chi connectivity index (χ4v) is 8.44. The Morgan fingerprint density at radius 3 is 2.60 bits per heavy atom. The summed E-state index contributed by atoms with van der Waals surface area (Å²) in [6.07, 6.45) is 7.73. The molecule has 3 aliphatic rings. The highest BCUT2D eigenvalue weighted by Crippen LogP contribution is 2.47. The molecule has 2 aliphatic heterocycles. The van der Waals surface area contributed by atoms with Crippen LogP contribution in [0.3, 0.4) is 0 Å². The van der Waals surface area contributed by atoms with Crippen LogP contribution in [0.2, 0.25) is 5.02 Å². The summed E-state index contributed by atoms with van der Waals surface area (Å²) in [5.74, 6) is 0.419. The highest BCUT2D eigenvalue weighted by molar-refractivity contribution is 8.00. The van der Waals surface area contributed by atoms with Gasteiger partial charge in [-0.1, -0.05) is 54.4 Å². The lowest BCUT2D eigenvalue weighted by Crippen LogP contribution is -2.36. The van der Waals surface area contributed by atoms with E-state index in [0.29, 0.717) is 22.6 Å². The van der Waals surface area contributed by atoms with Crippen LogP contribution in [0.1, 0.15) is 66.4 Å². The Hall–Kier alpha value is -2.67. The average Bonchev–Trinajstić information content (AvgIpc) is 3.43. The second kappa shape index (κ2) is 13.3. The van der Waals surface area contributed by atoms with E-state index in [9.17, 15) is 14.0 Å². The van der Waals surface area contributed by atoms with Crippen molar-refractivity contribution < 1.29 is 14.0 Å². The minimum absolute atomic E-state index is 0.0457. The van der Waals surface area contributed by atoms with Gasteiger partial charge in [0, 0.05) is 27.2 Å². The van der Waals surface area contributed by atoms with Crippen molar-refractivity contribution in [2.45, 2.75) is 68.1 Å². The van der Waals surface area contributed by atoms with Gasteiger partial charge in [-0.15, -0.1) is 11.8 Å². The first-order valence-electron chi connectivity index (χ1n) is 15.3. The molecule has 2 atom stereocenters. The summed E-state index contributed by atoms with van der Waals surface area (Å²) in [6, 6.07) is 20.8. The molecule has 4 nitrogen and oxygen atoms in total. The molecule has 7 heteroatoms. The second-order valence-corrected chi connectivity index (χ2v) is 13.7. The number of benzene rings is 3. The van der Waals surface area contributed by atoms with Gasteiger partial charge >= 0.3 is 0 Å². The Balaban J connectivity index is 1.10. The number of fused-ring (bicyclic) bond motifs is 2. The van der Waals surface area contributed by atoms with Gasteiger partial charge in [0.1, 0.15) is 5.82 Å². The van der Waals surface area contributed by atoms with E-state index < -0.39 is 0 Å². The molecule has 3 aromatic carbocycles. The highest BCUT2D eigenvalue weighted by atomic mass is 35.5. The zero-order chi connectivity index (χ0) is 29.1. The number of amides is 1. The maximum Gasteiger partial charge on any atom is 0.231 e. The lowest BCUT2D eigenvalue weighted by Gasteiger charge is -2.32. The smallest absolute Gasteiger partial charge is 0.231 e. The molecular weight excluding hydrogens is 567 g/mol. The van der Waals surface area contributed by atoms with E-state index in [-0.39, 0.29) is 35.2 Å². The minimum atomic E-state index is -0.380. The number of anilines is 1. The number of carbonyl (C=O) groups is 2. The predicted octanol–water partition coefficient (Wildman–Crippen LogP) is 8.20. The van der Waals surface area contributed by atoms with Crippen LogP contribution < -0.4 is 4.90 Å². The van der Waals surface area contributed by atoms with Gasteiger partial charge in [-0.2, -0.15) is 0 Å². The number of carbonyl (C=O) groups excluding carboxylic acids is 2. The summed E-state index contributed by atoms with van der Waals surface area (Å²) >= 11 is 8.17.